The van der Waals surface area contributed by atoms with Crippen LogP contribution >= 0.6 is 0 Å². The Hall–Kier alpha value is -1.68. The number of rotatable bonds is 7. The van der Waals surface area contributed by atoms with Crippen molar-refractivity contribution in [2.24, 2.45) is 0 Å². The summed E-state index contributed by atoms with van der Waals surface area (Å²) in [4.78, 5) is 0. The molecule has 106 valence electrons. The number of ether oxygens (including phenoxy) is 1. The minimum absolute atomic E-state index is 0.0126. The van der Waals surface area contributed by atoms with Gasteiger partial charge in [-0.3, -0.25) is 10.4 Å². The number of nitrogens with zero attached hydrogens (tertiary/aromatic N) is 1. The first kappa shape index (κ1) is 14.7. The highest BCUT2D eigenvalue weighted by atomic mass is 16.5. The van der Waals surface area contributed by atoms with Gasteiger partial charge in [-0.25, -0.2) is 0 Å². The Kier molecular flexibility index (Phi) is 5.74. The van der Waals surface area contributed by atoms with Crippen LogP contribution in [0.1, 0.15) is 17.2 Å². The van der Waals surface area contributed by atoms with E-state index in [9.17, 15) is 0 Å². The maximum absolute atomic E-state index is 6.08. The monoisotopic (exact) mass is 270 g/mol. The molecule has 0 atom stereocenters. The van der Waals surface area contributed by atoms with Gasteiger partial charge in [0.2, 0.25) is 0 Å². The summed E-state index contributed by atoms with van der Waals surface area (Å²) in [7, 11) is 3.96. The fourth-order valence-electron chi connectivity index (χ4n) is 2.09. The average molecular weight is 270 g/mol. The zero-order valence-electron chi connectivity index (χ0n) is 12.1. The van der Waals surface area contributed by atoms with Crippen molar-refractivity contribution in [2.45, 2.75) is 6.10 Å². The van der Waals surface area contributed by atoms with E-state index in [0.717, 1.165) is 6.54 Å². The van der Waals surface area contributed by atoms with E-state index < -0.39 is 0 Å². The van der Waals surface area contributed by atoms with Crippen molar-refractivity contribution in [2.75, 3.05) is 27.2 Å². The third-order valence-electron chi connectivity index (χ3n) is 3.02. The molecule has 2 aromatic rings. The van der Waals surface area contributed by atoms with Crippen LogP contribution in [0.3, 0.4) is 0 Å². The average Bonchev–Trinajstić information content (AvgIpc) is 2.49. The molecule has 20 heavy (non-hydrogen) atoms. The van der Waals surface area contributed by atoms with Crippen molar-refractivity contribution in [3.8, 4) is 0 Å². The van der Waals surface area contributed by atoms with E-state index >= 15 is 0 Å². The van der Waals surface area contributed by atoms with Crippen LogP contribution in [0.2, 0.25) is 0 Å². The number of hydrazine groups is 1. The van der Waals surface area contributed by atoms with E-state index in [-0.39, 0.29) is 6.10 Å². The minimum Gasteiger partial charge on any atom is -0.367 e. The third-order valence-corrected chi connectivity index (χ3v) is 3.02. The van der Waals surface area contributed by atoms with Gasteiger partial charge < -0.3 is 4.74 Å². The number of benzene rings is 2. The normalized spacial score (nSPS) is 11.2. The van der Waals surface area contributed by atoms with Gasteiger partial charge in [-0.2, -0.15) is 0 Å². The molecule has 0 heterocycles. The second-order valence-electron chi connectivity index (χ2n) is 4.87. The standard InChI is InChI=1S/C17H22N2O/c1-19(2)18-13-14-20-17(15-9-5-3-6-10-15)16-11-7-4-8-12-16/h3-12,17-18H,13-14H2,1-2H3. The highest BCUT2D eigenvalue weighted by Gasteiger charge is 2.13. The van der Waals surface area contributed by atoms with Crippen LogP contribution in [0.15, 0.2) is 60.7 Å². The van der Waals surface area contributed by atoms with Crippen molar-refractivity contribution >= 4 is 0 Å². The third kappa shape index (κ3) is 4.46. The number of nitrogens with one attached hydrogen (secondary N) is 1. The van der Waals surface area contributed by atoms with Gasteiger partial charge in [0.05, 0.1) is 6.61 Å². The van der Waals surface area contributed by atoms with E-state index in [4.69, 9.17) is 4.74 Å². The first-order valence-corrected chi connectivity index (χ1v) is 6.89. The Morgan fingerprint density at radius 2 is 1.40 bits per heavy atom. The molecule has 0 amide bonds. The predicted molar refractivity (Wildman–Crippen MR) is 82.4 cm³/mol. The largest absolute Gasteiger partial charge is 0.367 e. The van der Waals surface area contributed by atoms with Crippen molar-refractivity contribution in [1.29, 1.82) is 0 Å². The van der Waals surface area contributed by atoms with E-state index in [1.807, 2.05) is 55.5 Å². The minimum atomic E-state index is -0.0126. The van der Waals surface area contributed by atoms with Gasteiger partial charge >= 0.3 is 0 Å². The van der Waals surface area contributed by atoms with Crippen molar-refractivity contribution in [3.63, 3.8) is 0 Å². The SMILES string of the molecule is CN(C)NCCOC(c1ccccc1)c1ccccc1. The molecule has 0 radical (unpaired) electrons. The van der Waals surface area contributed by atoms with Crippen LogP contribution in [0.4, 0.5) is 0 Å². The highest BCUT2D eigenvalue weighted by Crippen LogP contribution is 2.25. The van der Waals surface area contributed by atoms with Gasteiger partial charge in [-0.05, 0) is 11.1 Å². The molecule has 3 heteroatoms. The quantitative estimate of drug-likeness (QED) is 0.618. The molecule has 2 rings (SSSR count). The second-order valence-corrected chi connectivity index (χ2v) is 4.87. The Bertz CT molecular complexity index is 445. The lowest BCUT2D eigenvalue weighted by molar-refractivity contribution is 0.0723. The molecule has 0 bridgehead atoms. The molecular weight excluding hydrogens is 248 g/mol. The molecule has 0 fully saturated rings. The van der Waals surface area contributed by atoms with E-state index in [2.05, 4.69) is 29.7 Å². The summed E-state index contributed by atoms with van der Waals surface area (Å²) < 4.78 is 6.08. The fraction of sp³-hybridized carbons (Fsp3) is 0.294. The van der Waals surface area contributed by atoms with E-state index in [1.165, 1.54) is 11.1 Å². The Balaban J connectivity index is 2.06. The number of hydrogen-bond acceptors (Lipinski definition) is 3. The predicted octanol–water partition coefficient (Wildman–Crippen LogP) is 2.86. The van der Waals surface area contributed by atoms with Gasteiger partial charge in [-0.1, -0.05) is 60.7 Å². The molecule has 0 spiro atoms. The zero-order valence-corrected chi connectivity index (χ0v) is 12.1. The van der Waals surface area contributed by atoms with Crippen LogP contribution in [-0.2, 0) is 4.74 Å². The smallest absolute Gasteiger partial charge is 0.108 e. The fourth-order valence-corrected chi connectivity index (χ4v) is 2.09. The maximum Gasteiger partial charge on any atom is 0.108 e. The van der Waals surface area contributed by atoms with Crippen molar-refractivity contribution in [1.82, 2.24) is 10.4 Å². The zero-order chi connectivity index (χ0) is 14.2. The molecule has 3 nitrogen and oxygen atoms in total. The summed E-state index contributed by atoms with van der Waals surface area (Å²) in [6.07, 6.45) is -0.0126. The van der Waals surface area contributed by atoms with Gasteiger partial charge in [-0.15, -0.1) is 0 Å². The molecule has 0 aliphatic carbocycles. The summed E-state index contributed by atoms with van der Waals surface area (Å²) >= 11 is 0. The molecular formula is C17H22N2O. The molecule has 0 unspecified atom stereocenters. The highest BCUT2D eigenvalue weighted by molar-refractivity contribution is 5.29. The van der Waals surface area contributed by atoms with Crippen LogP contribution < -0.4 is 5.43 Å². The van der Waals surface area contributed by atoms with Crippen LogP contribution in [0.25, 0.3) is 0 Å². The van der Waals surface area contributed by atoms with Gasteiger partial charge in [0.1, 0.15) is 6.10 Å². The molecule has 0 saturated heterocycles. The van der Waals surface area contributed by atoms with Crippen LogP contribution in [0, 0.1) is 0 Å². The Morgan fingerprint density at radius 3 is 1.85 bits per heavy atom. The van der Waals surface area contributed by atoms with Gasteiger partial charge in [0, 0.05) is 20.6 Å². The molecule has 0 saturated carbocycles. The maximum atomic E-state index is 6.08. The van der Waals surface area contributed by atoms with Crippen LogP contribution in [0.5, 0.6) is 0 Å². The molecule has 1 N–H and O–H groups in total. The Morgan fingerprint density at radius 1 is 0.900 bits per heavy atom. The second kappa shape index (κ2) is 7.80. The summed E-state index contributed by atoms with van der Waals surface area (Å²) in [5.41, 5.74) is 5.58. The van der Waals surface area contributed by atoms with Crippen molar-refractivity contribution in [3.05, 3.63) is 71.8 Å². The lowest BCUT2D eigenvalue weighted by atomic mass is 10.0. The molecule has 0 aromatic heterocycles. The number of hydrogen-bond donors (Lipinski definition) is 1. The Labute approximate surface area is 121 Å². The summed E-state index contributed by atoms with van der Waals surface area (Å²) in [6.45, 7) is 1.45. The van der Waals surface area contributed by atoms with Gasteiger partial charge in [0.15, 0.2) is 0 Å². The van der Waals surface area contributed by atoms with Crippen molar-refractivity contribution < 1.29 is 4.74 Å². The summed E-state index contributed by atoms with van der Waals surface area (Å²) in [6, 6.07) is 20.7. The molecule has 2 aromatic carbocycles. The van der Waals surface area contributed by atoms with Crippen LogP contribution in [-0.4, -0.2) is 32.3 Å². The van der Waals surface area contributed by atoms with E-state index in [1.54, 1.807) is 0 Å². The molecule has 0 aliphatic rings. The van der Waals surface area contributed by atoms with Gasteiger partial charge in [0.25, 0.3) is 0 Å². The first-order valence-electron chi connectivity index (χ1n) is 6.89. The summed E-state index contributed by atoms with van der Waals surface area (Å²) in [5.74, 6) is 0. The topological polar surface area (TPSA) is 24.5 Å². The first-order chi connectivity index (χ1) is 9.77. The lowest BCUT2D eigenvalue weighted by Crippen LogP contribution is -2.33. The molecule has 0 aliphatic heterocycles. The van der Waals surface area contributed by atoms with E-state index in [0.29, 0.717) is 6.61 Å². The lowest BCUT2D eigenvalue weighted by Gasteiger charge is -2.20. The summed E-state index contributed by atoms with van der Waals surface area (Å²) in [5, 5.41) is 1.93.